The molecule has 1 aliphatic rings. The molecule has 1 heteroatoms. The molecule has 0 aromatic heterocycles. The van der Waals surface area contributed by atoms with E-state index in [1.54, 1.807) is 5.56 Å². The second-order valence-corrected chi connectivity index (χ2v) is 6.59. The highest BCUT2D eigenvalue weighted by Gasteiger charge is 2.29. The zero-order valence-electron chi connectivity index (χ0n) is 13.5. The first-order chi connectivity index (χ1) is 9.74. The van der Waals surface area contributed by atoms with Crippen molar-refractivity contribution in [2.75, 3.05) is 13.1 Å². The number of rotatable bonds is 6. The molecule has 1 fully saturated rings. The fraction of sp³-hybridized carbons (Fsp3) is 0.684. The summed E-state index contributed by atoms with van der Waals surface area (Å²) in [7, 11) is 0. The molecule has 1 aromatic rings. The van der Waals surface area contributed by atoms with Gasteiger partial charge in [-0.15, -0.1) is 0 Å². The van der Waals surface area contributed by atoms with Gasteiger partial charge in [-0.1, -0.05) is 57.9 Å². The first kappa shape index (κ1) is 15.6. The van der Waals surface area contributed by atoms with Crippen molar-refractivity contribution in [3.8, 4) is 0 Å². The van der Waals surface area contributed by atoms with Gasteiger partial charge in [0.2, 0.25) is 0 Å². The van der Waals surface area contributed by atoms with Crippen LogP contribution in [0.25, 0.3) is 0 Å². The summed E-state index contributed by atoms with van der Waals surface area (Å²) in [6.07, 6.45) is 6.61. The molecular weight excluding hydrogens is 242 g/mol. The van der Waals surface area contributed by atoms with Gasteiger partial charge in [0.15, 0.2) is 0 Å². The van der Waals surface area contributed by atoms with Gasteiger partial charge in [-0.3, -0.25) is 0 Å². The topological polar surface area (TPSA) is 12.0 Å². The Hall–Kier alpha value is -0.820. The van der Waals surface area contributed by atoms with E-state index >= 15 is 0 Å². The Morgan fingerprint density at radius 1 is 1.20 bits per heavy atom. The minimum atomic E-state index is 0.759. The largest absolute Gasteiger partial charge is 0.317 e. The third-order valence-electron chi connectivity index (χ3n) is 4.83. The van der Waals surface area contributed by atoms with Crippen LogP contribution in [0.15, 0.2) is 24.3 Å². The van der Waals surface area contributed by atoms with Gasteiger partial charge in [-0.05, 0) is 61.2 Å². The van der Waals surface area contributed by atoms with Crippen molar-refractivity contribution in [1.82, 2.24) is 5.32 Å². The van der Waals surface area contributed by atoms with Gasteiger partial charge in [0, 0.05) is 0 Å². The SMILES string of the molecule is CCCc1cccc(C2CC(C)CCC2CNCC)c1. The summed E-state index contributed by atoms with van der Waals surface area (Å²) in [6, 6.07) is 9.40. The van der Waals surface area contributed by atoms with E-state index in [1.165, 1.54) is 44.2 Å². The van der Waals surface area contributed by atoms with Crippen molar-refractivity contribution in [2.45, 2.75) is 58.8 Å². The van der Waals surface area contributed by atoms with Crippen molar-refractivity contribution in [3.05, 3.63) is 35.4 Å². The van der Waals surface area contributed by atoms with Crippen LogP contribution in [0, 0.1) is 11.8 Å². The summed E-state index contributed by atoms with van der Waals surface area (Å²) >= 11 is 0. The molecule has 1 aromatic carbocycles. The Balaban J connectivity index is 2.14. The maximum atomic E-state index is 3.57. The Bertz CT molecular complexity index is 397. The zero-order valence-corrected chi connectivity index (χ0v) is 13.5. The van der Waals surface area contributed by atoms with Crippen LogP contribution >= 0.6 is 0 Å². The van der Waals surface area contributed by atoms with Crippen molar-refractivity contribution in [1.29, 1.82) is 0 Å². The summed E-state index contributed by atoms with van der Waals surface area (Å²) in [5, 5.41) is 3.57. The Morgan fingerprint density at radius 3 is 2.80 bits per heavy atom. The first-order valence-electron chi connectivity index (χ1n) is 8.54. The van der Waals surface area contributed by atoms with Crippen LogP contribution in [0.5, 0.6) is 0 Å². The van der Waals surface area contributed by atoms with E-state index in [0.29, 0.717) is 0 Å². The summed E-state index contributed by atoms with van der Waals surface area (Å²) in [6.45, 7) is 9.18. The molecule has 20 heavy (non-hydrogen) atoms. The van der Waals surface area contributed by atoms with Gasteiger partial charge in [0.1, 0.15) is 0 Å². The van der Waals surface area contributed by atoms with Gasteiger partial charge in [0.05, 0.1) is 0 Å². The van der Waals surface area contributed by atoms with Crippen molar-refractivity contribution in [2.24, 2.45) is 11.8 Å². The van der Waals surface area contributed by atoms with Crippen LogP contribution in [-0.2, 0) is 6.42 Å². The highest BCUT2D eigenvalue weighted by atomic mass is 14.8. The van der Waals surface area contributed by atoms with Crippen molar-refractivity contribution >= 4 is 0 Å². The lowest BCUT2D eigenvalue weighted by Gasteiger charge is -2.35. The molecule has 1 nitrogen and oxygen atoms in total. The molecule has 0 spiro atoms. The maximum Gasteiger partial charge on any atom is -0.00148 e. The lowest BCUT2D eigenvalue weighted by molar-refractivity contribution is 0.242. The molecule has 0 heterocycles. The van der Waals surface area contributed by atoms with Crippen LogP contribution in [-0.4, -0.2) is 13.1 Å². The summed E-state index contributed by atoms with van der Waals surface area (Å²) in [5.74, 6) is 2.46. The van der Waals surface area contributed by atoms with Gasteiger partial charge < -0.3 is 5.32 Å². The third kappa shape index (κ3) is 4.09. The molecule has 3 atom stereocenters. The van der Waals surface area contributed by atoms with E-state index in [-0.39, 0.29) is 0 Å². The molecule has 0 amide bonds. The Morgan fingerprint density at radius 2 is 2.05 bits per heavy atom. The standard InChI is InChI=1S/C19H31N/c1-4-7-16-8-6-9-17(13-16)19-12-15(3)10-11-18(19)14-20-5-2/h6,8-9,13,15,18-20H,4-5,7,10-12,14H2,1-3H3. The van der Waals surface area contributed by atoms with Crippen LogP contribution in [0.1, 0.15) is 63.5 Å². The van der Waals surface area contributed by atoms with Crippen LogP contribution in [0.4, 0.5) is 0 Å². The number of nitrogens with one attached hydrogen (secondary N) is 1. The van der Waals surface area contributed by atoms with E-state index in [9.17, 15) is 0 Å². The Labute approximate surface area is 125 Å². The minimum absolute atomic E-state index is 0.759. The fourth-order valence-corrected chi connectivity index (χ4v) is 3.69. The molecule has 3 unspecified atom stereocenters. The summed E-state index contributed by atoms with van der Waals surface area (Å²) in [5.41, 5.74) is 3.11. The molecule has 1 N–H and O–H groups in total. The zero-order chi connectivity index (χ0) is 14.4. The first-order valence-corrected chi connectivity index (χ1v) is 8.54. The fourth-order valence-electron chi connectivity index (χ4n) is 3.69. The van der Waals surface area contributed by atoms with Gasteiger partial charge >= 0.3 is 0 Å². The normalized spacial score (nSPS) is 26.6. The predicted molar refractivity (Wildman–Crippen MR) is 88.2 cm³/mol. The number of aryl methyl sites for hydroxylation is 1. The highest BCUT2D eigenvalue weighted by Crippen LogP contribution is 2.40. The molecule has 0 saturated heterocycles. The minimum Gasteiger partial charge on any atom is -0.317 e. The molecule has 112 valence electrons. The van der Waals surface area contributed by atoms with Gasteiger partial charge in [0.25, 0.3) is 0 Å². The lowest BCUT2D eigenvalue weighted by atomic mass is 9.71. The second kappa shape index (κ2) is 7.83. The summed E-state index contributed by atoms with van der Waals surface area (Å²) < 4.78 is 0. The predicted octanol–water partition coefficient (Wildman–Crippen LogP) is 4.77. The maximum absolute atomic E-state index is 3.57. The Kier molecular flexibility index (Phi) is 6.09. The van der Waals surface area contributed by atoms with E-state index in [4.69, 9.17) is 0 Å². The molecule has 2 rings (SSSR count). The van der Waals surface area contributed by atoms with Crippen LogP contribution < -0.4 is 5.32 Å². The van der Waals surface area contributed by atoms with E-state index in [0.717, 1.165) is 24.3 Å². The van der Waals surface area contributed by atoms with Gasteiger partial charge in [-0.25, -0.2) is 0 Å². The molecule has 1 saturated carbocycles. The summed E-state index contributed by atoms with van der Waals surface area (Å²) in [4.78, 5) is 0. The average Bonchev–Trinajstić information content (AvgIpc) is 2.46. The van der Waals surface area contributed by atoms with Crippen molar-refractivity contribution < 1.29 is 0 Å². The molecule has 0 radical (unpaired) electrons. The van der Waals surface area contributed by atoms with E-state index < -0.39 is 0 Å². The number of hydrogen-bond acceptors (Lipinski definition) is 1. The quantitative estimate of drug-likeness (QED) is 0.787. The average molecular weight is 273 g/mol. The van der Waals surface area contributed by atoms with E-state index in [2.05, 4.69) is 50.4 Å². The second-order valence-electron chi connectivity index (χ2n) is 6.59. The van der Waals surface area contributed by atoms with Crippen molar-refractivity contribution in [3.63, 3.8) is 0 Å². The number of hydrogen-bond donors (Lipinski definition) is 1. The molecular formula is C19H31N. The van der Waals surface area contributed by atoms with Gasteiger partial charge in [-0.2, -0.15) is 0 Å². The van der Waals surface area contributed by atoms with E-state index in [1.807, 2.05) is 0 Å². The third-order valence-corrected chi connectivity index (χ3v) is 4.83. The molecule has 1 aliphatic carbocycles. The number of benzene rings is 1. The smallest absolute Gasteiger partial charge is 0.00148 e. The highest BCUT2D eigenvalue weighted by molar-refractivity contribution is 5.27. The molecule has 0 aliphatic heterocycles. The lowest BCUT2D eigenvalue weighted by Crippen LogP contribution is -2.31. The molecule has 0 bridgehead atoms. The van der Waals surface area contributed by atoms with Crippen LogP contribution in [0.3, 0.4) is 0 Å². The monoisotopic (exact) mass is 273 g/mol. The van der Waals surface area contributed by atoms with Crippen LogP contribution in [0.2, 0.25) is 0 Å².